The number of rotatable bonds is 9. The number of hydrazone groups is 1. The van der Waals surface area contributed by atoms with Crippen LogP contribution < -0.4 is 30.5 Å². The number of ether oxygens (including phenoxy) is 5. The highest BCUT2D eigenvalue weighted by Gasteiger charge is 2.50. The van der Waals surface area contributed by atoms with Crippen molar-refractivity contribution in [3.63, 3.8) is 0 Å². The van der Waals surface area contributed by atoms with Crippen LogP contribution in [0.3, 0.4) is 0 Å². The van der Waals surface area contributed by atoms with E-state index in [2.05, 4.69) is 15.8 Å². The number of hydrogen-bond donors (Lipinski definition) is 8. The molecule has 78 heavy (non-hydrogen) atoms. The minimum absolute atomic E-state index is 0.0271. The summed E-state index contributed by atoms with van der Waals surface area (Å²) in [4.78, 5) is 68.2. The fraction of sp³-hybridized carbons (Fsp3) is 0.464. The number of phenolic OH excluding ortho intramolecular Hbond substituents is 3. The Bertz CT molecular complexity index is 3290. The molecule has 10 atom stereocenters. The second-order valence-electron chi connectivity index (χ2n) is 20.9. The van der Waals surface area contributed by atoms with Crippen LogP contribution in [-0.2, 0) is 23.8 Å². The molecule has 8 N–H and O–H groups in total. The van der Waals surface area contributed by atoms with Crippen molar-refractivity contribution in [2.75, 3.05) is 37.5 Å². The summed E-state index contributed by atoms with van der Waals surface area (Å²) in [6.45, 7) is 12.6. The number of benzene rings is 3. The molecule has 0 radical (unpaired) electrons. The number of aromatic carboxylic acids is 1. The second-order valence-corrected chi connectivity index (χ2v) is 20.9. The van der Waals surface area contributed by atoms with Crippen LogP contribution in [-0.4, -0.2) is 129 Å². The van der Waals surface area contributed by atoms with Crippen molar-refractivity contribution in [1.29, 1.82) is 0 Å². The Morgan fingerprint density at radius 1 is 0.962 bits per heavy atom. The molecule has 0 spiro atoms. The molecule has 22 heteroatoms. The molecule has 4 aliphatic heterocycles. The van der Waals surface area contributed by atoms with Crippen LogP contribution in [0.2, 0.25) is 0 Å². The number of allylic oxidation sites excluding steroid dienone is 2. The average molecular weight is 1080 g/mol. The van der Waals surface area contributed by atoms with Gasteiger partial charge in [-0.2, -0.15) is 5.10 Å². The van der Waals surface area contributed by atoms with E-state index in [9.17, 15) is 54.6 Å². The molecule has 3 aromatic carbocycles. The fourth-order valence-electron chi connectivity index (χ4n) is 10.9. The number of hydrogen-bond acceptors (Lipinski definition) is 18. The van der Waals surface area contributed by atoms with Gasteiger partial charge in [0.2, 0.25) is 5.43 Å². The number of esters is 1. The summed E-state index contributed by atoms with van der Waals surface area (Å²) in [6.07, 6.45) is 7.24. The number of nitrogens with zero attached hydrogens (tertiary/aromatic N) is 3. The molecule has 4 aromatic rings. The molecule has 1 aromatic heterocycles. The third kappa shape index (κ3) is 10.2. The van der Waals surface area contributed by atoms with E-state index < -0.39 is 129 Å². The van der Waals surface area contributed by atoms with E-state index in [4.69, 9.17) is 23.7 Å². The maximum Gasteiger partial charge on any atom is 0.341 e. The molecule has 1 aliphatic carbocycles. The van der Waals surface area contributed by atoms with E-state index >= 15 is 4.39 Å². The Hall–Kier alpha value is -7.69. The third-order valence-corrected chi connectivity index (χ3v) is 15.6. The fourth-order valence-corrected chi connectivity index (χ4v) is 10.9. The van der Waals surface area contributed by atoms with Crippen LogP contribution in [0.1, 0.15) is 106 Å². The van der Waals surface area contributed by atoms with Crippen LogP contribution in [0.5, 0.6) is 28.7 Å². The van der Waals surface area contributed by atoms with Gasteiger partial charge in [0.25, 0.3) is 11.7 Å². The molecule has 418 valence electrons. The normalized spacial score (nSPS) is 28.6. The minimum Gasteiger partial charge on any atom is -0.507 e. The number of carbonyl (C=O) groups is 4. The van der Waals surface area contributed by atoms with Gasteiger partial charge in [0.1, 0.15) is 34.6 Å². The molecule has 1 saturated heterocycles. The molecular formula is C56H66FN5O16. The lowest BCUT2D eigenvalue weighted by Gasteiger charge is -2.38. The SMILES string of the molecule is COc1c(N2CCC(N/N=C/c3c4c(O)c5c(O)c(C)c6c(c5c3O)C(=O)[C@@](C)(O/C=C/[C@H](OC)[C@@H](C)[C@@H](OC(C)=O)[C@H](C)[C@H](O)[C@H](C)[C@@H](O)[C@@H](C)/C=C/C=C(/C)C(=O)N4)O6)C2)c(F)cc2c(=O)c(C(=O)O)cn(C3CC3)c12. The first-order valence-electron chi connectivity index (χ1n) is 25.7. The number of carbonyl (C=O) groups excluding carboxylic acids is 3. The Balaban J connectivity index is 1.19. The zero-order valence-electron chi connectivity index (χ0n) is 44.9. The molecule has 2 fully saturated rings. The number of carboxylic acid groups (broad SMARTS) is 1. The number of nitrogens with one attached hydrogen (secondary N) is 2. The number of anilines is 2. The minimum atomic E-state index is -2.15. The summed E-state index contributed by atoms with van der Waals surface area (Å²) >= 11 is 0. The Morgan fingerprint density at radius 3 is 2.31 bits per heavy atom. The number of aliphatic hydroxyl groups excluding tert-OH is 2. The van der Waals surface area contributed by atoms with E-state index in [0.29, 0.717) is 6.42 Å². The molecule has 1 unspecified atom stereocenters. The summed E-state index contributed by atoms with van der Waals surface area (Å²) in [5.41, 5.74) is 0.983. The Morgan fingerprint density at radius 2 is 1.67 bits per heavy atom. The van der Waals surface area contributed by atoms with Gasteiger partial charge in [-0.1, -0.05) is 45.9 Å². The lowest BCUT2D eigenvalue weighted by molar-refractivity contribution is -0.160. The highest BCUT2D eigenvalue weighted by atomic mass is 19.1. The van der Waals surface area contributed by atoms with Gasteiger partial charge in [0.15, 0.2) is 17.3 Å². The van der Waals surface area contributed by atoms with Crippen LogP contribution >= 0.6 is 0 Å². The first-order chi connectivity index (χ1) is 36.9. The van der Waals surface area contributed by atoms with Gasteiger partial charge in [-0.3, -0.25) is 19.2 Å². The number of aromatic hydroxyl groups is 3. The first-order valence-corrected chi connectivity index (χ1v) is 25.7. The van der Waals surface area contributed by atoms with Crippen LogP contribution in [0, 0.1) is 36.4 Å². The van der Waals surface area contributed by atoms with Gasteiger partial charge in [-0.25, -0.2) is 9.18 Å². The maximum absolute atomic E-state index is 16.2. The predicted molar refractivity (Wildman–Crippen MR) is 285 cm³/mol. The number of halogens is 1. The average Bonchev–Trinajstić information content (AvgIpc) is 4.27. The second kappa shape index (κ2) is 22.0. The van der Waals surface area contributed by atoms with E-state index in [1.807, 2.05) is 0 Å². The number of Topliss-reactive ketones (excluding diaryl/α,β-unsaturated/α-hetero) is 1. The summed E-state index contributed by atoms with van der Waals surface area (Å²) in [7, 11) is 2.74. The predicted octanol–water partition coefficient (Wildman–Crippen LogP) is 6.45. The zero-order chi connectivity index (χ0) is 57.0. The van der Waals surface area contributed by atoms with Gasteiger partial charge < -0.3 is 74.5 Å². The van der Waals surface area contributed by atoms with E-state index in [1.165, 1.54) is 66.3 Å². The Labute approximate surface area is 448 Å². The number of amides is 1. The van der Waals surface area contributed by atoms with Crippen LogP contribution in [0.4, 0.5) is 15.8 Å². The van der Waals surface area contributed by atoms with Crippen LogP contribution in [0.25, 0.3) is 21.7 Å². The van der Waals surface area contributed by atoms with Crippen molar-refractivity contribution in [1.82, 2.24) is 9.99 Å². The monoisotopic (exact) mass is 1080 g/mol. The highest BCUT2D eigenvalue weighted by Crippen LogP contribution is 2.55. The van der Waals surface area contributed by atoms with Crippen molar-refractivity contribution >= 4 is 62.9 Å². The van der Waals surface area contributed by atoms with Gasteiger partial charge in [-0.15, -0.1) is 0 Å². The van der Waals surface area contributed by atoms with Gasteiger partial charge in [-0.05, 0) is 45.3 Å². The quantitative estimate of drug-likeness (QED) is 0.0294. The summed E-state index contributed by atoms with van der Waals surface area (Å²) in [5.74, 6) is -11.6. The molecule has 5 aliphatic rings. The summed E-state index contributed by atoms with van der Waals surface area (Å²) in [6, 6.07) is 0.393. The van der Waals surface area contributed by atoms with Crippen LogP contribution in [0.15, 0.2) is 58.3 Å². The summed E-state index contributed by atoms with van der Waals surface area (Å²) < 4.78 is 47.4. The number of pyridine rings is 1. The molecule has 5 bridgehead atoms. The number of carboxylic acids is 1. The maximum atomic E-state index is 16.2. The van der Waals surface area contributed by atoms with Gasteiger partial charge >= 0.3 is 17.7 Å². The largest absolute Gasteiger partial charge is 0.507 e. The first kappa shape index (κ1) is 56.5. The highest BCUT2D eigenvalue weighted by molar-refractivity contribution is 6.24. The van der Waals surface area contributed by atoms with Crippen molar-refractivity contribution in [3.8, 4) is 28.7 Å². The molecule has 1 amide bonds. The number of methoxy groups -OCH3 is 2. The van der Waals surface area contributed by atoms with Crippen molar-refractivity contribution in [2.45, 2.75) is 117 Å². The van der Waals surface area contributed by atoms with E-state index in [-0.39, 0.29) is 74.9 Å². The van der Waals surface area contributed by atoms with Gasteiger partial charge in [0.05, 0.1) is 77.0 Å². The lowest BCUT2D eigenvalue weighted by Crippen LogP contribution is -2.46. The molecule has 1 saturated carbocycles. The lowest BCUT2D eigenvalue weighted by atomic mass is 9.78. The van der Waals surface area contributed by atoms with Crippen molar-refractivity contribution in [2.24, 2.45) is 28.8 Å². The van der Waals surface area contributed by atoms with Gasteiger partial charge in [0, 0.05) is 86.5 Å². The Kier molecular flexibility index (Phi) is 15.9. The van der Waals surface area contributed by atoms with E-state index in [1.54, 1.807) is 43.2 Å². The zero-order valence-corrected chi connectivity index (χ0v) is 44.9. The van der Waals surface area contributed by atoms with Crippen molar-refractivity contribution < 1.29 is 77.9 Å². The molecular weight excluding hydrogens is 1020 g/mol. The molecule has 21 nitrogen and oxygen atoms in total. The summed E-state index contributed by atoms with van der Waals surface area (Å²) in [5, 5.41) is 75.3. The number of fused-ring (bicyclic) bond motifs is 15. The van der Waals surface area contributed by atoms with E-state index in [0.717, 1.165) is 31.4 Å². The smallest absolute Gasteiger partial charge is 0.341 e. The standard InChI is InChI=1S/C56H66FN5O16/c1-24-12-11-13-25(2)54(71)59-41-34(21-58-60-31-16-18-61(22-31)43-36(57)20-33-42(52(43)75-10)62(32-14-15-32)23-35(47(33)67)55(72)73)48(68)38-39(49(41)69)46(66)29(6)51-40(38)53(70)56(8,78-51)76-19-17-37(74-9)26(3)50(77-30(7)63)28(5)45(65)27(4)44(24)64/h11-13,17,19-21,23-24,26-28,31-32,37,44-45,50,60,64-66,68-69H,14-16,18,22H2,1-10H3,(H,59,71)(H,72,73)/b12-11+,19-17+,25-13-,58-21+/t24-,26+,27+,28+,31?,37-,44-,45+,50+,56-/m0/s1. The number of aromatic nitrogens is 1. The number of phenols is 3. The third-order valence-electron chi connectivity index (χ3n) is 15.6. The number of aliphatic hydroxyl groups is 2. The topological polar surface area (TPSA) is 297 Å². The number of ketones is 1. The molecule has 9 rings (SSSR count). The molecule has 5 heterocycles. The van der Waals surface area contributed by atoms with Crippen molar-refractivity contribution in [3.05, 3.63) is 86.7 Å².